The summed E-state index contributed by atoms with van der Waals surface area (Å²) in [5.41, 5.74) is 3.53. The van der Waals surface area contributed by atoms with Crippen LogP contribution in [0.4, 0.5) is 0 Å². The number of hydrogen-bond acceptors (Lipinski definition) is 2. The van der Waals surface area contributed by atoms with Gasteiger partial charge in [-0.05, 0) is 6.07 Å². The number of benzene rings is 1. The molecule has 17 heavy (non-hydrogen) atoms. The van der Waals surface area contributed by atoms with Gasteiger partial charge < -0.3 is 4.98 Å². The Bertz CT molecular complexity index is 727. The highest BCUT2D eigenvalue weighted by Gasteiger charge is 2.11. The highest BCUT2D eigenvalue weighted by molar-refractivity contribution is 5.94. The summed E-state index contributed by atoms with van der Waals surface area (Å²) in [6, 6.07) is 11.9. The van der Waals surface area contributed by atoms with Crippen LogP contribution >= 0.6 is 0 Å². The van der Waals surface area contributed by atoms with Crippen molar-refractivity contribution in [2.24, 2.45) is 7.05 Å². The molecule has 82 valence electrons. The van der Waals surface area contributed by atoms with E-state index >= 15 is 0 Å². The minimum absolute atomic E-state index is 0.438. The summed E-state index contributed by atoms with van der Waals surface area (Å²) in [5.74, 6) is 0. The highest BCUT2D eigenvalue weighted by Crippen LogP contribution is 2.28. The normalized spacial score (nSPS) is 10.6. The molecule has 1 N–H and O–H groups in total. The molecule has 0 saturated heterocycles. The van der Waals surface area contributed by atoms with Crippen molar-refractivity contribution >= 4 is 10.9 Å². The van der Waals surface area contributed by atoms with E-state index < -0.39 is 0 Å². The number of fused-ring (bicyclic) bond motifs is 1. The molecule has 0 amide bonds. The SMILES string of the molecule is Cn1nc(C#N)cc1-c1c[nH]c2ccccc12. The average molecular weight is 222 g/mol. The molecular formula is C13H10N4. The van der Waals surface area contributed by atoms with Gasteiger partial charge in [-0.1, -0.05) is 18.2 Å². The van der Waals surface area contributed by atoms with Crippen molar-refractivity contribution < 1.29 is 0 Å². The number of nitrogens with one attached hydrogen (secondary N) is 1. The molecule has 3 aromatic rings. The van der Waals surface area contributed by atoms with Crippen molar-refractivity contribution in [3.63, 3.8) is 0 Å². The van der Waals surface area contributed by atoms with Gasteiger partial charge in [0.2, 0.25) is 0 Å². The highest BCUT2D eigenvalue weighted by atomic mass is 15.3. The summed E-state index contributed by atoms with van der Waals surface area (Å²) in [6.45, 7) is 0. The number of nitriles is 1. The van der Waals surface area contributed by atoms with Crippen molar-refractivity contribution in [3.05, 3.63) is 42.2 Å². The molecule has 4 nitrogen and oxygen atoms in total. The first-order valence-corrected chi connectivity index (χ1v) is 5.30. The molecule has 3 rings (SSSR count). The van der Waals surface area contributed by atoms with E-state index in [4.69, 9.17) is 5.26 Å². The number of aromatic nitrogens is 3. The number of para-hydroxylation sites is 1. The Hall–Kier alpha value is -2.54. The Morgan fingerprint density at radius 3 is 2.94 bits per heavy atom. The van der Waals surface area contributed by atoms with Gasteiger partial charge in [0.05, 0.1) is 5.69 Å². The van der Waals surface area contributed by atoms with Crippen molar-refractivity contribution in [1.29, 1.82) is 5.26 Å². The van der Waals surface area contributed by atoms with E-state index in [2.05, 4.69) is 22.2 Å². The first-order chi connectivity index (χ1) is 8.29. The molecule has 0 fully saturated rings. The Balaban J connectivity index is 2.27. The van der Waals surface area contributed by atoms with E-state index in [9.17, 15) is 0 Å². The zero-order valence-electron chi connectivity index (χ0n) is 9.31. The molecule has 0 radical (unpaired) electrons. The second kappa shape index (κ2) is 3.49. The van der Waals surface area contributed by atoms with Gasteiger partial charge in [0.15, 0.2) is 5.69 Å². The largest absolute Gasteiger partial charge is 0.360 e. The van der Waals surface area contributed by atoms with Crippen molar-refractivity contribution in [1.82, 2.24) is 14.8 Å². The van der Waals surface area contributed by atoms with Crippen LogP contribution in [0.5, 0.6) is 0 Å². The van der Waals surface area contributed by atoms with Gasteiger partial charge in [-0.3, -0.25) is 4.68 Å². The summed E-state index contributed by atoms with van der Waals surface area (Å²) in [6.07, 6.45) is 1.95. The average Bonchev–Trinajstić information content (AvgIpc) is 2.92. The summed E-state index contributed by atoms with van der Waals surface area (Å²) in [4.78, 5) is 3.22. The molecule has 0 aliphatic rings. The lowest BCUT2D eigenvalue weighted by Crippen LogP contribution is -1.93. The van der Waals surface area contributed by atoms with Crippen LogP contribution < -0.4 is 0 Å². The van der Waals surface area contributed by atoms with Gasteiger partial charge in [0.1, 0.15) is 6.07 Å². The molecule has 0 atom stereocenters. The Morgan fingerprint density at radius 2 is 2.18 bits per heavy atom. The fourth-order valence-electron chi connectivity index (χ4n) is 2.06. The third kappa shape index (κ3) is 1.41. The standard InChI is InChI=1S/C13H10N4/c1-17-13(6-9(7-14)16-17)11-8-15-12-5-3-2-4-10(11)12/h2-6,8,15H,1H3. The van der Waals surface area contributed by atoms with Crippen LogP contribution in [-0.4, -0.2) is 14.8 Å². The predicted molar refractivity (Wildman–Crippen MR) is 65.2 cm³/mol. The lowest BCUT2D eigenvalue weighted by atomic mass is 10.1. The maximum absolute atomic E-state index is 8.85. The van der Waals surface area contributed by atoms with E-state index in [1.165, 1.54) is 0 Å². The van der Waals surface area contributed by atoms with E-state index in [1.54, 1.807) is 10.7 Å². The van der Waals surface area contributed by atoms with Crippen molar-refractivity contribution in [3.8, 4) is 17.3 Å². The number of hydrogen-bond donors (Lipinski definition) is 1. The molecule has 0 saturated carbocycles. The lowest BCUT2D eigenvalue weighted by molar-refractivity contribution is 0.771. The fraction of sp³-hybridized carbons (Fsp3) is 0.0769. The van der Waals surface area contributed by atoms with Crippen LogP contribution in [0.15, 0.2) is 36.5 Å². The van der Waals surface area contributed by atoms with Crippen LogP contribution in [0, 0.1) is 11.3 Å². The van der Waals surface area contributed by atoms with Gasteiger partial charge in [0.25, 0.3) is 0 Å². The van der Waals surface area contributed by atoms with Gasteiger partial charge >= 0.3 is 0 Å². The van der Waals surface area contributed by atoms with Crippen molar-refractivity contribution in [2.75, 3.05) is 0 Å². The topological polar surface area (TPSA) is 57.4 Å². The molecule has 2 heterocycles. The molecule has 0 spiro atoms. The Labute approximate surface area is 98.1 Å². The van der Waals surface area contributed by atoms with Gasteiger partial charge in [-0.15, -0.1) is 0 Å². The third-order valence-corrected chi connectivity index (χ3v) is 2.86. The number of H-pyrrole nitrogens is 1. The summed E-state index contributed by atoms with van der Waals surface area (Å²) in [5, 5.41) is 14.1. The number of nitrogens with zero attached hydrogens (tertiary/aromatic N) is 3. The van der Waals surface area contributed by atoms with Crippen LogP contribution in [-0.2, 0) is 7.05 Å². The molecule has 0 unspecified atom stereocenters. The number of aryl methyl sites for hydroxylation is 1. The zero-order valence-corrected chi connectivity index (χ0v) is 9.31. The third-order valence-electron chi connectivity index (χ3n) is 2.86. The van der Waals surface area contributed by atoms with Crippen molar-refractivity contribution in [2.45, 2.75) is 0 Å². The molecule has 0 aliphatic heterocycles. The monoisotopic (exact) mass is 222 g/mol. The molecular weight excluding hydrogens is 212 g/mol. The number of aromatic amines is 1. The second-order valence-electron chi connectivity index (χ2n) is 3.90. The fourth-order valence-corrected chi connectivity index (χ4v) is 2.06. The van der Waals surface area contributed by atoms with Crippen LogP contribution in [0.2, 0.25) is 0 Å². The molecule has 0 bridgehead atoms. The van der Waals surface area contributed by atoms with E-state index in [1.807, 2.05) is 31.4 Å². The van der Waals surface area contributed by atoms with Crippen LogP contribution in [0.3, 0.4) is 0 Å². The maximum Gasteiger partial charge on any atom is 0.163 e. The number of rotatable bonds is 1. The first kappa shape index (κ1) is 9.67. The first-order valence-electron chi connectivity index (χ1n) is 5.30. The van der Waals surface area contributed by atoms with E-state index in [-0.39, 0.29) is 0 Å². The minimum atomic E-state index is 0.438. The van der Waals surface area contributed by atoms with Crippen LogP contribution in [0.25, 0.3) is 22.2 Å². The maximum atomic E-state index is 8.85. The second-order valence-corrected chi connectivity index (χ2v) is 3.90. The molecule has 4 heteroatoms. The predicted octanol–water partition coefficient (Wildman–Crippen LogP) is 2.44. The molecule has 0 aliphatic carbocycles. The van der Waals surface area contributed by atoms with Gasteiger partial charge in [0, 0.05) is 35.8 Å². The van der Waals surface area contributed by atoms with E-state index in [0.717, 1.165) is 22.2 Å². The summed E-state index contributed by atoms with van der Waals surface area (Å²) >= 11 is 0. The molecule has 2 aromatic heterocycles. The van der Waals surface area contributed by atoms with Crippen LogP contribution in [0.1, 0.15) is 5.69 Å². The van der Waals surface area contributed by atoms with Gasteiger partial charge in [-0.25, -0.2) is 0 Å². The smallest absolute Gasteiger partial charge is 0.163 e. The van der Waals surface area contributed by atoms with E-state index in [0.29, 0.717) is 5.69 Å². The Morgan fingerprint density at radius 1 is 1.35 bits per heavy atom. The minimum Gasteiger partial charge on any atom is -0.360 e. The zero-order chi connectivity index (χ0) is 11.8. The lowest BCUT2D eigenvalue weighted by Gasteiger charge is -1.99. The Kier molecular flexibility index (Phi) is 1.99. The quantitative estimate of drug-likeness (QED) is 0.687. The summed E-state index contributed by atoms with van der Waals surface area (Å²) < 4.78 is 1.73. The van der Waals surface area contributed by atoms with Gasteiger partial charge in [-0.2, -0.15) is 10.4 Å². The summed E-state index contributed by atoms with van der Waals surface area (Å²) in [7, 11) is 1.85. The molecule has 1 aromatic carbocycles.